The zero-order chi connectivity index (χ0) is 18.2. The quantitative estimate of drug-likeness (QED) is 0.755. The average molecular weight is 376 g/mol. The molecular weight excluding hydrogens is 360 g/mol. The minimum absolute atomic E-state index is 0.0685. The first kappa shape index (κ1) is 17.3. The van der Waals surface area contributed by atoms with Crippen LogP contribution in [0.25, 0.3) is 10.9 Å². The van der Waals surface area contributed by atoms with Crippen molar-refractivity contribution >= 4 is 43.3 Å². The SMILES string of the molecule is Cc1nc(NS(=O)(=O)c2cccc3cccnc23)sc1C(=O)N(C)C. The van der Waals surface area contributed by atoms with Gasteiger partial charge in [0.2, 0.25) is 0 Å². The number of hydrogen-bond acceptors (Lipinski definition) is 6. The lowest BCUT2D eigenvalue weighted by molar-refractivity contribution is 0.0831. The van der Waals surface area contributed by atoms with Crippen LogP contribution in [0.15, 0.2) is 41.4 Å². The lowest BCUT2D eigenvalue weighted by Crippen LogP contribution is -2.21. The Morgan fingerprint density at radius 3 is 2.64 bits per heavy atom. The molecule has 0 fully saturated rings. The number of benzene rings is 1. The van der Waals surface area contributed by atoms with E-state index < -0.39 is 10.0 Å². The van der Waals surface area contributed by atoms with Crippen molar-refractivity contribution in [1.82, 2.24) is 14.9 Å². The van der Waals surface area contributed by atoms with Crippen LogP contribution in [0.4, 0.5) is 5.13 Å². The number of nitrogens with one attached hydrogen (secondary N) is 1. The summed E-state index contributed by atoms with van der Waals surface area (Å²) in [6.45, 7) is 1.67. The maximum atomic E-state index is 12.8. The Kier molecular flexibility index (Phi) is 4.44. The molecule has 3 aromatic rings. The number of thiazole rings is 1. The van der Waals surface area contributed by atoms with E-state index in [9.17, 15) is 13.2 Å². The molecule has 0 atom stereocenters. The van der Waals surface area contributed by atoms with Crippen molar-refractivity contribution in [2.24, 2.45) is 0 Å². The Morgan fingerprint density at radius 1 is 1.20 bits per heavy atom. The smallest absolute Gasteiger partial charge is 0.265 e. The molecular formula is C16H16N4O3S2. The lowest BCUT2D eigenvalue weighted by atomic mass is 10.2. The second-order valence-corrected chi connectivity index (χ2v) is 8.22. The van der Waals surface area contributed by atoms with Gasteiger partial charge in [-0.2, -0.15) is 0 Å². The highest BCUT2D eigenvalue weighted by atomic mass is 32.2. The number of carbonyl (C=O) groups excluding carboxylic acids is 1. The van der Waals surface area contributed by atoms with Gasteiger partial charge in [-0.3, -0.25) is 14.5 Å². The van der Waals surface area contributed by atoms with Gasteiger partial charge in [0.25, 0.3) is 15.9 Å². The van der Waals surface area contributed by atoms with E-state index >= 15 is 0 Å². The maximum Gasteiger partial charge on any atom is 0.265 e. The van der Waals surface area contributed by atoms with E-state index in [2.05, 4.69) is 14.7 Å². The number of para-hydroxylation sites is 1. The number of fused-ring (bicyclic) bond motifs is 1. The van der Waals surface area contributed by atoms with E-state index in [0.29, 0.717) is 16.1 Å². The molecule has 1 aromatic carbocycles. The molecule has 0 aliphatic rings. The van der Waals surface area contributed by atoms with E-state index in [-0.39, 0.29) is 15.9 Å². The second kappa shape index (κ2) is 6.41. The predicted molar refractivity (Wildman–Crippen MR) is 97.4 cm³/mol. The first-order valence-electron chi connectivity index (χ1n) is 7.35. The number of anilines is 1. The highest BCUT2D eigenvalue weighted by Crippen LogP contribution is 2.27. The Hall–Kier alpha value is -2.52. The average Bonchev–Trinajstić information content (AvgIpc) is 2.92. The van der Waals surface area contributed by atoms with Crippen molar-refractivity contribution in [3.8, 4) is 0 Å². The van der Waals surface area contributed by atoms with Crippen LogP contribution in [-0.4, -0.2) is 43.3 Å². The summed E-state index contributed by atoms with van der Waals surface area (Å²) in [6.07, 6.45) is 1.54. The van der Waals surface area contributed by atoms with E-state index in [0.717, 1.165) is 16.7 Å². The molecule has 7 nitrogen and oxygen atoms in total. The van der Waals surface area contributed by atoms with Gasteiger partial charge in [-0.05, 0) is 19.1 Å². The minimum atomic E-state index is -3.88. The molecule has 1 N–H and O–H groups in total. The number of carbonyl (C=O) groups is 1. The third-order valence-electron chi connectivity index (χ3n) is 3.50. The molecule has 0 radical (unpaired) electrons. The fourth-order valence-electron chi connectivity index (χ4n) is 2.30. The van der Waals surface area contributed by atoms with Crippen molar-refractivity contribution in [3.63, 3.8) is 0 Å². The molecule has 1 amide bonds. The number of sulfonamides is 1. The number of aromatic nitrogens is 2. The molecule has 130 valence electrons. The van der Waals surface area contributed by atoms with E-state index in [4.69, 9.17) is 0 Å². The number of pyridine rings is 1. The van der Waals surface area contributed by atoms with Crippen molar-refractivity contribution in [2.75, 3.05) is 18.8 Å². The summed E-state index contributed by atoms with van der Waals surface area (Å²) >= 11 is 1.01. The van der Waals surface area contributed by atoms with Crippen LogP contribution in [0.2, 0.25) is 0 Å². The molecule has 0 saturated carbocycles. The predicted octanol–water partition coefficient (Wildman–Crippen LogP) is 2.50. The van der Waals surface area contributed by atoms with Gasteiger partial charge in [0.1, 0.15) is 9.77 Å². The number of nitrogens with zero attached hydrogens (tertiary/aromatic N) is 3. The van der Waals surface area contributed by atoms with Crippen LogP contribution in [0.5, 0.6) is 0 Å². The molecule has 0 aliphatic carbocycles. The summed E-state index contributed by atoms with van der Waals surface area (Å²) in [5.74, 6) is -0.215. The number of amides is 1. The normalized spacial score (nSPS) is 11.5. The van der Waals surface area contributed by atoms with Crippen LogP contribution < -0.4 is 4.72 Å². The van der Waals surface area contributed by atoms with Gasteiger partial charge in [-0.15, -0.1) is 0 Å². The summed E-state index contributed by atoms with van der Waals surface area (Å²) < 4.78 is 28.0. The van der Waals surface area contributed by atoms with Crippen molar-refractivity contribution in [1.29, 1.82) is 0 Å². The number of aryl methyl sites for hydroxylation is 1. The van der Waals surface area contributed by atoms with E-state index in [1.54, 1.807) is 51.5 Å². The summed E-state index contributed by atoms with van der Waals surface area (Å²) in [6, 6.07) is 8.48. The third kappa shape index (κ3) is 3.33. The number of rotatable bonds is 4. The van der Waals surface area contributed by atoms with Crippen LogP contribution in [-0.2, 0) is 10.0 Å². The van der Waals surface area contributed by atoms with Crippen molar-refractivity contribution < 1.29 is 13.2 Å². The molecule has 3 rings (SSSR count). The molecule has 0 saturated heterocycles. The molecule has 2 aromatic heterocycles. The standard InChI is InChI=1S/C16H16N4O3S2/c1-10-14(15(21)20(2)3)24-16(18-10)19-25(22,23)12-8-4-6-11-7-5-9-17-13(11)12/h4-9H,1-3H3,(H,18,19). The lowest BCUT2D eigenvalue weighted by Gasteiger charge is -2.08. The van der Waals surface area contributed by atoms with Crippen LogP contribution in [0, 0.1) is 6.92 Å². The zero-order valence-electron chi connectivity index (χ0n) is 13.8. The maximum absolute atomic E-state index is 12.8. The van der Waals surface area contributed by atoms with Crippen molar-refractivity contribution in [2.45, 2.75) is 11.8 Å². The zero-order valence-corrected chi connectivity index (χ0v) is 15.5. The second-order valence-electron chi connectivity index (χ2n) is 5.57. The summed E-state index contributed by atoms with van der Waals surface area (Å²) in [4.78, 5) is 22.3. The van der Waals surface area contributed by atoms with Gasteiger partial charge in [-0.25, -0.2) is 13.4 Å². The van der Waals surface area contributed by atoms with Gasteiger partial charge >= 0.3 is 0 Å². The van der Waals surface area contributed by atoms with Gasteiger partial charge in [-0.1, -0.05) is 29.5 Å². The summed E-state index contributed by atoms with van der Waals surface area (Å²) in [5, 5.41) is 0.875. The van der Waals surface area contributed by atoms with Gasteiger partial charge < -0.3 is 4.90 Å². The van der Waals surface area contributed by atoms with Crippen LogP contribution in [0.3, 0.4) is 0 Å². The van der Waals surface area contributed by atoms with E-state index in [1.165, 1.54) is 11.0 Å². The van der Waals surface area contributed by atoms with Gasteiger partial charge in [0.15, 0.2) is 5.13 Å². The van der Waals surface area contributed by atoms with Gasteiger partial charge in [0.05, 0.1) is 11.2 Å². The molecule has 0 spiro atoms. The Balaban J connectivity index is 2.00. The first-order chi connectivity index (χ1) is 11.8. The monoisotopic (exact) mass is 376 g/mol. The molecule has 2 heterocycles. The fraction of sp³-hybridized carbons (Fsp3) is 0.188. The first-order valence-corrected chi connectivity index (χ1v) is 9.65. The van der Waals surface area contributed by atoms with Crippen molar-refractivity contribution in [3.05, 3.63) is 47.1 Å². The molecule has 0 bridgehead atoms. The third-order valence-corrected chi connectivity index (χ3v) is 6.06. The summed E-state index contributed by atoms with van der Waals surface area (Å²) in [7, 11) is -0.615. The fourth-order valence-corrected chi connectivity index (χ4v) is 4.71. The number of hydrogen-bond donors (Lipinski definition) is 1. The highest BCUT2D eigenvalue weighted by molar-refractivity contribution is 7.93. The topological polar surface area (TPSA) is 92.3 Å². The molecule has 9 heteroatoms. The Morgan fingerprint density at radius 2 is 1.92 bits per heavy atom. The minimum Gasteiger partial charge on any atom is -0.344 e. The molecule has 0 unspecified atom stereocenters. The Bertz CT molecular complexity index is 1050. The largest absolute Gasteiger partial charge is 0.344 e. The Labute approximate surface area is 149 Å². The van der Waals surface area contributed by atoms with Crippen LogP contribution >= 0.6 is 11.3 Å². The highest BCUT2D eigenvalue weighted by Gasteiger charge is 2.22. The van der Waals surface area contributed by atoms with Crippen LogP contribution in [0.1, 0.15) is 15.4 Å². The molecule has 0 aliphatic heterocycles. The van der Waals surface area contributed by atoms with E-state index in [1.807, 2.05) is 0 Å². The van der Waals surface area contributed by atoms with Gasteiger partial charge in [0, 0.05) is 25.7 Å². The summed E-state index contributed by atoms with van der Waals surface area (Å²) in [5.41, 5.74) is 0.868. The molecule has 25 heavy (non-hydrogen) atoms.